The van der Waals surface area contributed by atoms with Crippen LogP contribution in [0.15, 0.2) is 0 Å². The molecule has 1 aliphatic rings. The van der Waals surface area contributed by atoms with Crippen LogP contribution in [0.5, 0.6) is 0 Å². The molecule has 10 heteroatoms. The van der Waals surface area contributed by atoms with Gasteiger partial charge in [0.05, 0.1) is 13.2 Å². The summed E-state index contributed by atoms with van der Waals surface area (Å²) in [7, 11) is -4.70. The van der Waals surface area contributed by atoms with Crippen LogP contribution in [0, 0.1) is 5.92 Å². The number of aliphatic hydroxyl groups is 2. The van der Waals surface area contributed by atoms with Gasteiger partial charge in [0.1, 0.15) is 6.10 Å². The average Bonchev–Trinajstić information content (AvgIpc) is 3.04. The molecule has 0 aromatic carbocycles. The van der Waals surface area contributed by atoms with Gasteiger partial charge in [0.2, 0.25) is 11.9 Å². The number of rotatable bonds is 19. The van der Waals surface area contributed by atoms with Gasteiger partial charge in [-0.2, -0.15) is 0 Å². The second-order valence-corrected chi connectivity index (χ2v) is 9.94. The van der Waals surface area contributed by atoms with Gasteiger partial charge >= 0.3 is 13.8 Å². The Balaban J connectivity index is 2.56. The topological polar surface area (TPSA) is 140 Å². The molecule has 32 heavy (non-hydrogen) atoms. The molecule has 1 rings (SSSR count). The summed E-state index contributed by atoms with van der Waals surface area (Å²) in [5.74, 6) is -2.12. The third-order valence-corrected chi connectivity index (χ3v) is 6.63. The second kappa shape index (κ2) is 15.9. The Hall–Kier alpha value is -0.830. The number of ether oxygens (including phenoxy) is 1. The van der Waals surface area contributed by atoms with E-state index < -0.39 is 44.5 Å². The van der Waals surface area contributed by atoms with Gasteiger partial charge in [-0.1, -0.05) is 78.1 Å². The zero-order chi connectivity index (χ0) is 24.0. The quantitative estimate of drug-likeness (QED) is 0.109. The predicted molar refractivity (Wildman–Crippen MR) is 119 cm³/mol. The first-order chi connectivity index (χ1) is 15.3. The summed E-state index contributed by atoms with van der Waals surface area (Å²) in [5, 5.41) is 18.5. The molecule has 4 unspecified atom stereocenters. The molecule has 1 fully saturated rings. The maximum atomic E-state index is 12.4. The zero-order valence-electron chi connectivity index (χ0n) is 19.4. The van der Waals surface area contributed by atoms with Gasteiger partial charge in [-0.15, -0.1) is 0 Å². The van der Waals surface area contributed by atoms with Crippen molar-refractivity contribution in [2.75, 3.05) is 13.2 Å². The van der Waals surface area contributed by atoms with Crippen molar-refractivity contribution < 1.29 is 43.0 Å². The molecule has 0 saturated carbocycles. The maximum absolute atomic E-state index is 12.4. The first-order valence-corrected chi connectivity index (χ1v) is 13.4. The van der Waals surface area contributed by atoms with Crippen molar-refractivity contribution in [1.29, 1.82) is 0 Å². The highest BCUT2D eigenvalue weighted by atomic mass is 31.2. The van der Waals surface area contributed by atoms with Crippen molar-refractivity contribution in [3.8, 4) is 0 Å². The monoisotopic (exact) mass is 480 g/mol. The molecule has 0 amide bonds. The highest BCUT2D eigenvalue weighted by molar-refractivity contribution is 7.47. The van der Waals surface area contributed by atoms with Gasteiger partial charge in [0, 0.05) is 0 Å². The molecule has 5 atom stereocenters. The van der Waals surface area contributed by atoms with E-state index >= 15 is 0 Å². The zero-order valence-corrected chi connectivity index (χ0v) is 20.3. The number of hydrogen-bond donors (Lipinski definition) is 3. The van der Waals surface area contributed by atoms with Crippen molar-refractivity contribution in [3.05, 3.63) is 0 Å². The average molecular weight is 481 g/mol. The van der Waals surface area contributed by atoms with Crippen LogP contribution in [-0.2, 0) is 27.9 Å². The summed E-state index contributed by atoms with van der Waals surface area (Å²) >= 11 is 0. The molecule has 0 bridgehead atoms. The Kier molecular flexibility index (Phi) is 14.5. The number of carbonyl (C=O) groups excluding carboxylic acids is 2. The number of phosphoric acid groups is 1. The Morgan fingerprint density at radius 3 is 2.06 bits per heavy atom. The summed E-state index contributed by atoms with van der Waals surface area (Å²) < 4.78 is 27.0. The fourth-order valence-corrected chi connectivity index (χ4v) is 4.63. The van der Waals surface area contributed by atoms with Crippen LogP contribution in [-0.4, -0.2) is 58.4 Å². The van der Waals surface area contributed by atoms with Crippen LogP contribution in [0.3, 0.4) is 0 Å². The van der Waals surface area contributed by atoms with Gasteiger partial charge in [-0.3, -0.25) is 13.8 Å². The number of ketones is 1. The number of unbranched alkanes of at least 4 members (excludes halogenated alkanes) is 8. The molecule has 0 aromatic heterocycles. The van der Waals surface area contributed by atoms with Gasteiger partial charge in [-0.05, 0) is 18.8 Å². The van der Waals surface area contributed by atoms with Gasteiger partial charge < -0.3 is 19.8 Å². The number of phosphoric ester groups is 1. The Labute approximate surface area is 191 Å². The fraction of sp³-hybridized carbons (Fsp3) is 0.909. The van der Waals surface area contributed by atoms with Crippen LogP contribution in [0.2, 0.25) is 0 Å². The summed E-state index contributed by atoms with van der Waals surface area (Å²) in [5.41, 5.74) is 0. The maximum Gasteiger partial charge on any atom is 0.473 e. The standard InChI is InChI=1S/C22H41O9P/c1-3-5-7-9-10-12-14-17(13-11-8-6-4-2)16-29-32(27,28)31-21-19(25)20(18(24)15-23)30-22(21)26/h17-18,20-21,23-24H,3-16H2,1-2H3,(H,27,28)/t17?,18?,20-,21?/m1/s1. The van der Waals surface area contributed by atoms with Crippen molar-refractivity contribution in [2.45, 2.75) is 109 Å². The lowest BCUT2D eigenvalue weighted by molar-refractivity contribution is -0.151. The molecule has 1 saturated heterocycles. The number of esters is 1. The van der Waals surface area contributed by atoms with Gasteiger partial charge in [0.15, 0.2) is 6.10 Å². The largest absolute Gasteiger partial charge is 0.473 e. The van der Waals surface area contributed by atoms with E-state index in [-0.39, 0.29) is 12.5 Å². The van der Waals surface area contributed by atoms with E-state index in [1.165, 1.54) is 25.7 Å². The molecule has 1 heterocycles. The Morgan fingerprint density at radius 2 is 1.50 bits per heavy atom. The normalized spacial score (nSPS) is 22.5. The summed E-state index contributed by atoms with van der Waals surface area (Å²) in [6, 6.07) is 0. The lowest BCUT2D eigenvalue weighted by Gasteiger charge is -2.20. The molecule has 3 N–H and O–H groups in total. The lowest BCUT2D eigenvalue weighted by atomic mass is 9.95. The number of Topliss-reactive ketones (excluding diaryl/α,β-unsaturated/α-hetero) is 1. The number of aliphatic hydroxyl groups excluding tert-OH is 2. The second-order valence-electron chi connectivity index (χ2n) is 8.53. The van der Waals surface area contributed by atoms with E-state index in [9.17, 15) is 24.2 Å². The summed E-state index contributed by atoms with van der Waals surface area (Å²) in [6.45, 7) is 3.50. The number of cyclic esters (lactones) is 1. The molecule has 9 nitrogen and oxygen atoms in total. The SMILES string of the molecule is CCCCCCCCC(CCCCCC)COP(=O)(O)OC1C(=O)O[C@H](C(O)CO)C1=O. The summed E-state index contributed by atoms with van der Waals surface area (Å²) in [6.07, 6.45) is 7.80. The lowest BCUT2D eigenvalue weighted by Crippen LogP contribution is -2.37. The van der Waals surface area contributed by atoms with Crippen molar-refractivity contribution in [3.63, 3.8) is 0 Å². The molecule has 0 radical (unpaired) electrons. The van der Waals surface area contributed by atoms with Gasteiger partial charge in [0.25, 0.3) is 0 Å². The first-order valence-electron chi connectivity index (χ1n) is 11.9. The fourth-order valence-electron chi connectivity index (χ4n) is 3.72. The third-order valence-electron chi connectivity index (χ3n) is 5.68. The minimum Gasteiger partial charge on any atom is -0.449 e. The van der Waals surface area contributed by atoms with E-state index in [1.807, 2.05) is 0 Å². The molecular formula is C22H41O9P. The molecule has 0 spiro atoms. The van der Waals surface area contributed by atoms with E-state index in [0.29, 0.717) is 0 Å². The van der Waals surface area contributed by atoms with E-state index in [1.54, 1.807) is 0 Å². The molecule has 0 aliphatic carbocycles. The highest BCUT2D eigenvalue weighted by Gasteiger charge is 2.50. The van der Waals surface area contributed by atoms with Gasteiger partial charge in [-0.25, -0.2) is 9.36 Å². The van der Waals surface area contributed by atoms with E-state index in [2.05, 4.69) is 18.6 Å². The van der Waals surface area contributed by atoms with Crippen molar-refractivity contribution in [2.24, 2.45) is 5.92 Å². The van der Waals surface area contributed by atoms with E-state index in [4.69, 9.17) is 14.2 Å². The van der Waals surface area contributed by atoms with Crippen molar-refractivity contribution >= 4 is 19.6 Å². The van der Waals surface area contributed by atoms with Crippen LogP contribution in [0.1, 0.15) is 90.9 Å². The highest BCUT2D eigenvalue weighted by Crippen LogP contribution is 2.46. The minimum absolute atomic E-state index is 0.00643. The summed E-state index contributed by atoms with van der Waals surface area (Å²) in [4.78, 5) is 34.0. The molecular weight excluding hydrogens is 439 g/mol. The van der Waals surface area contributed by atoms with Crippen LogP contribution < -0.4 is 0 Å². The smallest absolute Gasteiger partial charge is 0.449 e. The van der Waals surface area contributed by atoms with Crippen LogP contribution in [0.4, 0.5) is 0 Å². The molecule has 1 aliphatic heterocycles. The molecule has 188 valence electrons. The predicted octanol–water partition coefficient (Wildman–Crippen LogP) is 3.67. The Bertz CT molecular complexity index is 598. The van der Waals surface area contributed by atoms with Crippen LogP contribution >= 0.6 is 7.82 Å². The van der Waals surface area contributed by atoms with Crippen molar-refractivity contribution in [1.82, 2.24) is 0 Å². The van der Waals surface area contributed by atoms with E-state index in [0.717, 1.165) is 51.4 Å². The molecule has 0 aromatic rings. The number of hydrogen-bond acceptors (Lipinski definition) is 8. The third kappa shape index (κ3) is 10.9. The first kappa shape index (κ1) is 29.2. The van der Waals surface area contributed by atoms with Crippen LogP contribution in [0.25, 0.3) is 0 Å². The Morgan fingerprint density at radius 1 is 0.969 bits per heavy atom. The minimum atomic E-state index is -4.70. The number of carbonyl (C=O) groups is 2.